The van der Waals surface area contributed by atoms with Crippen LogP contribution >= 0.6 is 11.3 Å². The van der Waals surface area contributed by atoms with Crippen LogP contribution in [0.2, 0.25) is 0 Å². The molecule has 2 heterocycles. The smallest absolute Gasteiger partial charge is 0.230 e. The maximum absolute atomic E-state index is 13.1. The summed E-state index contributed by atoms with van der Waals surface area (Å²) in [7, 11) is 1.77. The first-order valence-corrected chi connectivity index (χ1v) is 11.6. The zero-order chi connectivity index (χ0) is 20.4. The summed E-state index contributed by atoms with van der Waals surface area (Å²) < 4.78 is 0. The molecule has 29 heavy (non-hydrogen) atoms. The summed E-state index contributed by atoms with van der Waals surface area (Å²) in [5.41, 5.74) is 4.24. The molecule has 1 fully saturated rings. The van der Waals surface area contributed by atoms with Crippen LogP contribution in [-0.4, -0.2) is 30.4 Å². The largest absolute Gasteiger partial charge is 0.312 e. The number of nitrogens with zero attached hydrogens (tertiary/aromatic N) is 3. The third-order valence-corrected chi connectivity index (χ3v) is 7.09. The Balaban J connectivity index is 1.56. The fraction of sp³-hybridized carbons (Fsp3) is 0.522. The summed E-state index contributed by atoms with van der Waals surface area (Å²) >= 11 is 1.49. The lowest BCUT2D eigenvalue weighted by atomic mass is 9.87. The second-order valence-corrected chi connectivity index (χ2v) is 8.93. The average Bonchev–Trinajstić information content (AvgIpc) is 3.27. The van der Waals surface area contributed by atoms with Gasteiger partial charge in [0.05, 0.1) is 5.69 Å². The van der Waals surface area contributed by atoms with Gasteiger partial charge in [0.25, 0.3) is 0 Å². The molecule has 1 aromatic heterocycles. The van der Waals surface area contributed by atoms with E-state index in [4.69, 9.17) is 0 Å². The molecule has 0 spiro atoms. The van der Waals surface area contributed by atoms with Crippen molar-refractivity contribution < 1.29 is 9.59 Å². The molecule has 0 radical (unpaired) electrons. The highest BCUT2D eigenvalue weighted by Crippen LogP contribution is 2.35. The molecule has 2 aliphatic rings. The number of benzene rings is 1. The summed E-state index contributed by atoms with van der Waals surface area (Å²) in [6.07, 6.45) is 8.15. The molecule has 0 saturated heterocycles. The highest BCUT2D eigenvalue weighted by molar-refractivity contribution is 7.14. The molecule has 0 N–H and O–H groups in total. The van der Waals surface area contributed by atoms with Crippen molar-refractivity contribution in [3.8, 4) is 11.3 Å². The van der Waals surface area contributed by atoms with E-state index in [0.29, 0.717) is 12.3 Å². The van der Waals surface area contributed by atoms with E-state index in [-0.39, 0.29) is 11.8 Å². The van der Waals surface area contributed by atoms with Gasteiger partial charge in [0, 0.05) is 42.6 Å². The minimum Gasteiger partial charge on any atom is -0.312 e. The maximum atomic E-state index is 13.1. The highest BCUT2D eigenvalue weighted by Gasteiger charge is 2.29. The fourth-order valence-corrected chi connectivity index (χ4v) is 5.27. The van der Waals surface area contributed by atoms with Gasteiger partial charge in [-0.25, -0.2) is 4.98 Å². The zero-order valence-electron chi connectivity index (χ0n) is 17.3. The number of carbonyl (C=O) groups is 2. The van der Waals surface area contributed by atoms with Gasteiger partial charge in [-0.15, -0.1) is 11.3 Å². The monoisotopic (exact) mass is 411 g/mol. The molecule has 0 atom stereocenters. The van der Waals surface area contributed by atoms with E-state index >= 15 is 0 Å². The Morgan fingerprint density at radius 1 is 1.21 bits per heavy atom. The normalized spacial score (nSPS) is 17.1. The Hall–Kier alpha value is -2.21. The lowest BCUT2D eigenvalue weighted by Crippen LogP contribution is -2.40. The van der Waals surface area contributed by atoms with Crippen LogP contribution in [0.25, 0.3) is 11.3 Å². The standard InChI is InChI=1S/C23H29N3O2S/c1-3-21(27)25(2)23-24-19(15-29-23)17-11-12-20-18(14-17)10-7-13-26(20)22(28)16-8-5-4-6-9-16/h11-12,14-16H,3-10,13H2,1-2H3. The number of rotatable bonds is 4. The molecule has 1 saturated carbocycles. The van der Waals surface area contributed by atoms with E-state index in [0.717, 1.165) is 54.3 Å². The quantitative estimate of drug-likeness (QED) is 0.708. The molecular formula is C23H29N3O2S. The number of aromatic nitrogens is 1. The van der Waals surface area contributed by atoms with Crippen molar-refractivity contribution in [2.24, 2.45) is 5.92 Å². The Labute approximate surface area is 176 Å². The summed E-state index contributed by atoms with van der Waals surface area (Å²) in [4.78, 5) is 33.4. The van der Waals surface area contributed by atoms with Crippen LogP contribution in [-0.2, 0) is 16.0 Å². The zero-order valence-corrected chi connectivity index (χ0v) is 18.1. The van der Waals surface area contributed by atoms with E-state index < -0.39 is 0 Å². The Kier molecular flexibility index (Phi) is 5.99. The number of aryl methyl sites for hydroxylation is 1. The summed E-state index contributed by atoms with van der Waals surface area (Å²) in [5.74, 6) is 0.573. The van der Waals surface area contributed by atoms with Gasteiger partial charge in [0.2, 0.25) is 11.8 Å². The molecule has 2 amide bonds. The first-order chi connectivity index (χ1) is 14.1. The lowest BCUT2D eigenvalue weighted by Gasteiger charge is -2.33. The van der Waals surface area contributed by atoms with E-state index in [1.165, 1.54) is 36.2 Å². The van der Waals surface area contributed by atoms with Gasteiger partial charge in [-0.05, 0) is 43.4 Å². The van der Waals surface area contributed by atoms with Crippen LogP contribution < -0.4 is 9.80 Å². The second kappa shape index (κ2) is 8.66. The predicted molar refractivity (Wildman–Crippen MR) is 119 cm³/mol. The van der Waals surface area contributed by atoms with Gasteiger partial charge in [-0.1, -0.05) is 32.3 Å². The number of thiazole rings is 1. The molecule has 154 valence electrons. The maximum Gasteiger partial charge on any atom is 0.230 e. The van der Waals surface area contributed by atoms with Gasteiger partial charge in [0.1, 0.15) is 0 Å². The first-order valence-electron chi connectivity index (χ1n) is 10.7. The molecule has 1 aliphatic heterocycles. The van der Waals surface area contributed by atoms with Crippen LogP contribution in [0.3, 0.4) is 0 Å². The molecule has 4 rings (SSSR count). The van der Waals surface area contributed by atoms with Crippen molar-refractivity contribution >= 4 is 34.0 Å². The number of anilines is 2. The minimum atomic E-state index is 0.0632. The average molecular weight is 412 g/mol. The fourth-order valence-electron chi connectivity index (χ4n) is 4.45. The van der Waals surface area contributed by atoms with Crippen molar-refractivity contribution in [1.29, 1.82) is 0 Å². The molecule has 5 nitrogen and oxygen atoms in total. The van der Waals surface area contributed by atoms with Crippen molar-refractivity contribution in [2.75, 3.05) is 23.4 Å². The van der Waals surface area contributed by atoms with Crippen LogP contribution in [0.1, 0.15) is 57.4 Å². The Bertz CT molecular complexity index is 901. The number of carbonyl (C=O) groups excluding carboxylic acids is 2. The van der Waals surface area contributed by atoms with Crippen LogP contribution in [0.15, 0.2) is 23.6 Å². The molecule has 1 aromatic carbocycles. The lowest BCUT2D eigenvalue weighted by molar-refractivity contribution is -0.123. The van der Waals surface area contributed by atoms with Gasteiger partial charge in [0.15, 0.2) is 5.13 Å². The summed E-state index contributed by atoms with van der Waals surface area (Å²) in [6.45, 7) is 2.68. The molecule has 0 bridgehead atoms. The second-order valence-electron chi connectivity index (χ2n) is 8.09. The SMILES string of the molecule is CCC(=O)N(C)c1nc(-c2ccc3c(c2)CCCN3C(=O)C2CCCCC2)cs1. The molecule has 0 unspecified atom stereocenters. The van der Waals surface area contributed by atoms with Crippen LogP contribution in [0, 0.1) is 5.92 Å². The topological polar surface area (TPSA) is 53.5 Å². The first kappa shape index (κ1) is 20.1. The third-order valence-electron chi connectivity index (χ3n) is 6.17. The van der Waals surface area contributed by atoms with Crippen LogP contribution in [0.5, 0.6) is 0 Å². The number of hydrogen-bond donors (Lipinski definition) is 0. The number of hydrogen-bond acceptors (Lipinski definition) is 4. The van der Waals surface area contributed by atoms with E-state index in [9.17, 15) is 9.59 Å². The number of amides is 2. The molecular weight excluding hydrogens is 382 g/mol. The van der Waals surface area contributed by atoms with Crippen molar-refractivity contribution in [1.82, 2.24) is 4.98 Å². The molecule has 2 aromatic rings. The minimum absolute atomic E-state index is 0.0632. The van der Waals surface area contributed by atoms with Crippen molar-refractivity contribution in [3.05, 3.63) is 29.1 Å². The van der Waals surface area contributed by atoms with Crippen LogP contribution in [0.4, 0.5) is 10.8 Å². The molecule has 1 aliphatic carbocycles. The van der Waals surface area contributed by atoms with Gasteiger partial charge in [-0.3, -0.25) is 14.5 Å². The summed E-state index contributed by atoms with van der Waals surface area (Å²) in [6, 6.07) is 6.33. The Morgan fingerprint density at radius 3 is 2.76 bits per heavy atom. The summed E-state index contributed by atoms with van der Waals surface area (Å²) in [5, 5.41) is 2.73. The van der Waals surface area contributed by atoms with E-state index in [1.807, 2.05) is 17.2 Å². The van der Waals surface area contributed by atoms with Gasteiger partial charge < -0.3 is 4.90 Å². The molecule has 6 heteroatoms. The van der Waals surface area contributed by atoms with Crippen molar-refractivity contribution in [3.63, 3.8) is 0 Å². The third kappa shape index (κ3) is 4.08. The van der Waals surface area contributed by atoms with Crippen molar-refractivity contribution in [2.45, 2.75) is 58.3 Å². The van der Waals surface area contributed by atoms with E-state index in [1.54, 1.807) is 11.9 Å². The van der Waals surface area contributed by atoms with Gasteiger partial charge in [-0.2, -0.15) is 0 Å². The van der Waals surface area contributed by atoms with E-state index in [2.05, 4.69) is 23.2 Å². The predicted octanol–water partition coefficient (Wildman–Crippen LogP) is 5.04. The number of fused-ring (bicyclic) bond motifs is 1. The van der Waals surface area contributed by atoms with Gasteiger partial charge >= 0.3 is 0 Å². The Morgan fingerprint density at radius 2 is 2.00 bits per heavy atom. The highest BCUT2D eigenvalue weighted by atomic mass is 32.1.